The minimum atomic E-state index is -4.32. The van der Waals surface area contributed by atoms with Crippen molar-refractivity contribution in [2.75, 3.05) is 31.6 Å². The normalized spacial score (nSPS) is 12.0. The molecule has 0 saturated heterocycles. The number of hydrogen-bond acceptors (Lipinski definition) is 6. The van der Waals surface area contributed by atoms with E-state index < -0.39 is 28.5 Å². The minimum Gasteiger partial charge on any atom is -0.493 e. The second-order valence-corrected chi connectivity index (χ2v) is 13.9. The van der Waals surface area contributed by atoms with Gasteiger partial charge in [0.2, 0.25) is 11.8 Å². The Balaban J connectivity index is 2.14. The van der Waals surface area contributed by atoms with Gasteiger partial charge in [-0.2, -0.15) is 0 Å². The summed E-state index contributed by atoms with van der Waals surface area (Å²) in [5, 5.41) is 3.56. The quantitative estimate of drug-likeness (QED) is 0.212. The van der Waals surface area contributed by atoms with Crippen LogP contribution in [0, 0.1) is 19.8 Å². The molecule has 1 unspecified atom stereocenters. The molecule has 0 saturated carbocycles. The fourth-order valence-electron chi connectivity index (χ4n) is 4.90. The smallest absolute Gasteiger partial charge is 0.264 e. The first kappa shape index (κ1) is 36.0. The number of ether oxygens (including phenoxy) is 2. The third-order valence-corrected chi connectivity index (χ3v) is 9.63. The summed E-state index contributed by atoms with van der Waals surface area (Å²) in [5.74, 6) is -0.135. The second kappa shape index (κ2) is 15.7. The van der Waals surface area contributed by atoms with Gasteiger partial charge in [0.05, 0.1) is 34.8 Å². The number of benzene rings is 3. The Morgan fingerprint density at radius 1 is 0.889 bits per heavy atom. The van der Waals surface area contributed by atoms with Crippen LogP contribution in [0.25, 0.3) is 0 Å². The van der Waals surface area contributed by atoms with Gasteiger partial charge in [-0.25, -0.2) is 8.42 Å². The first-order valence-electron chi connectivity index (χ1n) is 14.6. The lowest BCUT2D eigenvalue weighted by atomic mass is 10.1. The van der Waals surface area contributed by atoms with Crippen LogP contribution in [0.2, 0.25) is 10.0 Å². The van der Waals surface area contributed by atoms with Crippen molar-refractivity contribution in [3.8, 4) is 11.5 Å². The van der Waals surface area contributed by atoms with Crippen molar-refractivity contribution in [2.24, 2.45) is 5.92 Å². The number of aryl methyl sites for hydroxylation is 2. The topological polar surface area (TPSA) is 105 Å². The molecule has 3 aromatic rings. The van der Waals surface area contributed by atoms with Crippen molar-refractivity contribution in [3.63, 3.8) is 0 Å². The molecule has 9 nitrogen and oxygen atoms in total. The van der Waals surface area contributed by atoms with Crippen LogP contribution in [0.5, 0.6) is 11.5 Å². The summed E-state index contributed by atoms with van der Waals surface area (Å²) in [7, 11) is -1.45. The summed E-state index contributed by atoms with van der Waals surface area (Å²) in [5.41, 5.74) is 2.57. The number of nitrogens with zero attached hydrogens (tertiary/aromatic N) is 2. The van der Waals surface area contributed by atoms with Gasteiger partial charge in [0.15, 0.2) is 11.5 Å². The number of amides is 2. The van der Waals surface area contributed by atoms with Crippen molar-refractivity contribution in [1.82, 2.24) is 10.2 Å². The average molecular weight is 679 g/mol. The standard InChI is InChI=1S/C33H41Cl2N3O6S/c1-8-29(33(40)36-18-21(2)3)37(19-24-9-11-27(34)28(35)16-24)32(39)20-38(25-14-22(4)13-23(5)15-25)45(41,42)26-10-12-30(43-6)31(17-26)44-7/h9-17,21,29H,8,18-20H2,1-7H3,(H,36,40). The number of hydrogen-bond donors (Lipinski definition) is 1. The zero-order valence-electron chi connectivity index (χ0n) is 26.7. The molecule has 45 heavy (non-hydrogen) atoms. The molecule has 0 bridgehead atoms. The summed E-state index contributed by atoms with van der Waals surface area (Å²) in [6, 6.07) is 13.7. The van der Waals surface area contributed by atoms with E-state index in [-0.39, 0.29) is 29.0 Å². The number of carbonyl (C=O) groups excluding carboxylic acids is 2. The van der Waals surface area contributed by atoms with Crippen LogP contribution in [-0.2, 0) is 26.2 Å². The maximum absolute atomic E-state index is 14.3. The van der Waals surface area contributed by atoms with E-state index in [1.165, 1.54) is 37.3 Å². The number of nitrogens with one attached hydrogen (secondary N) is 1. The van der Waals surface area contributed by atoms with Crippen LogP contribution < -0.4 is 19.1 Å². The van der Waals surface area contributed by atoms with E-state index in [0.29, 0.717) is 40.0 Å². The van der Waals surface area contributed by atoms with Crippen LogP contribution in [0.3, 0.4) is 0 Å². The fraction of sp³-hybridized carbons (Fsp3) is 0.394. The van der Waals surface area contributed by atoms with Crippen molar-refractivity contribution >= 4 is 50.7 Å². The Hall–Kier alpha value is -3.47. The van der Waals surface area contributed by atoms with Crippen molar-refractivity contribution in [3.05, 3.63) is 81.3 Å². The highest BCUT2D eigenvalue weighted by molar-refractivity contribution is 7.92. The Morgan fingerprint density at radius 3 is 2.09 bits per heavy atom. The van der Waals surface area contributed by atoms with Crippen molar-refractivity contribution < 1.29 is 27.5 Å². The first-order chi connectivity index (χ1) is 21.2. The number of methoxy groups -OCH3 is 2. The third kappa shape index (κ3) is 9.05. The summed E-state index contributed by atoms with van der Waals surface area (Å²) in [4.78, 5) is 29.1. The van der Waals surface area contributed by atoms with E-state index in [9.17, 15) is 18.0 Å². The van der Waals surface area contributed by atoms with Crippen LogP contribution in [0.15, 0.2) is 59.5 Å². The van der Waals surface area contributed by atoms with Gasteiger partial charge in [-0.05, 0) is 79.3 Å². The number of halogens is 2. The fourth-order valence-corrected chi connectivity index (χ4v) is 6.64. The summed E-state index contributed by atoms with van der Waals surface area (Å²) >= 11 is 12.4. The highest BCUT2D eigenvalue weighted by atomic mass is 35.5. The second-order valence-electron chi connectivity index (χ2n) is 11.2. The van der Waals surface area contributed by atoms with Gasteiger partial charge < -0.3 is 19.7 Å². The van der Waals surface area contributed by atoms with Gasteiger partial charge in [0.25, 0.3) is 10.0 Å². The molecule has 0 heterocycles. The van der Waals surface area contributed by atoms with Crippen LogP contribution in [-0.4, -0.2) is 58.5 Å². The molecule has 2 amide bonds. The molecule has 0 aliphatic carbocycles. The predicted molar refractivity (Wildman–Crippen MR) is 179 cm³/mol. The molecule has 0 aromatic heterocycles. The molecule has 0 spiro atoms. The highest BCUT2D eigenvalue weighted by Crippen LogP contribution is 2.33. The van der Waals surface area contributed by atoms with Gasteiger partial charge in [-0.3, -0.25) is 13.9 Å². The predicted octanol–water partition coefficient (Wildman–Crippen LogP) is 6.40. The van der Waals surface area contributed by atoms with Crippen LogP contribution in [0.4, 0.5) is 5.69 Å². The Labute approximate surface area is 276 Å². The molecule has 12 heteroatoms. The Bertz CT molecular complexity index is 1610. The number of anilines is 1. The molecule has 244 valence electrons. The van der Waals surface area contributed by atoms with E-state index in [1.807, 2.05) is 33.8 Å². The zero-order chi connectivity index (χ0) is 33.5. The first-order valence-corrected chi connectivity index (χ1v) is 16.8. The van der Waals surface area contributed by atoms with E-state index in [4.69, 9.17) is 32.7 Å². The molecular formula is C33H41Cl2N3O6S. The van der Waals surface area contributed by atoms with E-state index >= 15 is 0 Å². The van der Waals surface area contributed by atoms with Crippen LogP contribution in [0.1, 0.15) is 43.9 Å². The molecule has 1 N–H and O–H groups in total. The lowest BCUT2D eigenvalue weighted by Crippen LogP contribution is -2.52. The third-order valence-electron chi connectivity index (χ3n) is 7.12. The van der Waals surface area contributed by atoms with Crippen molar-refractivity contribution in [1.29, 1.82) is 0 Å². The molecule has 0 aliphatic rings. The van der Waals surface area contributed by atoms with E-state index in [2.05, 4.69) is 5.32 Å². The van der Waals surface area contributed by atoms with Gasteiger partial charge in [0, 0.05) is 19.2 Å². The van der Waals surface area contributed by atoms with Crippen molar-refractivity contribution in [2.45, 2.75) is 58.5 Å². The number of rotatable bonds is 14. The molecule has 3 rings (SSSR count). The van der Waals surface area contributed by atoms with E-state index in [0.717, 1.165) is 15.4 Å². The summed E-state index contributed by atoms with van der Waals surface area (Å²) in [6.07, 6.45) is 0.295. The molecule has 0 aliphatic heterocycles. The molecular weight excluding hydrogens is 637 g/mol. The zero-order valence-corrected chi connectivity index (χ0v) is 29.0. The molecule has 1 atom stereocenters. The van der Waals surface area contributed by atoms with Gasteiger partial charge in [-0.1, -0.05) is 56.1 Å². The van der Waals surface area contributed by atoms with Gasteiger partial charge in [-0.15, -0.1) is 0 Å². The van der Waals surface area contributed by atoms with Crippen LogP contribution >= 0.6 is 23.2 Å². The number of carbonyl (C=O) groups is 2. The van der Waals surface area contributed by atoms with Gasteiger partial charge in [0.1, 0.15) is 12.6 Å². The molecule has 3 aromatic carbocycles. The highest BCUT2D eigenvalue weighted by Gasteiger charge is 2.34. The monoisotopic (exact) mass is 677 g/mol. The molecule has 0 fully saturated rings. The van der Waals surface area contributed by atoms with E-state index in [1.54, 1.807) is 37.3 Å². The maximum atomic E-state index is 14.3. The largest absolute Gasteiger partial charge is 0.493 e. The average Bonchev–Trinajstić information content (AvgIpc) is 2.99. The number of sulfonamides is 1. The lowest BCUT2D eigenvalue weighted by molar-refractivity contribution is -0.140. The Morgan fingerprint density at radius 2 is 1.53 bits per heavy atom. The molecule has 0 radical (unpaired) electrons. The maximum Gasteiger partial charge on any atom is 0.264 e. The summed E-state index contributed by atoms with van der Waals surface area (Å²) in [6.45, 7) is 9.30. The minimum absolute atomic E-state index is 0.000416. The lowest BCUT2D eigenvalue weighted by Gasteiger charge is -2.33. The van der Waals surface area contributed by atoms with Gasteiger partial charge >= 0.3 is 0 Å². The SMILES string of the molecule is CCC(C(=O)NCC(C)C)N(Cc1ccc(Cl)c(Cl)c1)C(=O)CN(c1cc(C)cc(C)c1)S(=O)(=O)c1ccc(OC)c(OC)c1. The Kier molecular flexibility index (Phi) is 12.6. The summed E-state index contributed by atoms with van der Waals surface area (Å²) < 4.78 is 40.4.